The molecule has 1 aliphatic heterocycles. The van der Waals surface area contributed by atoms with E-state index in [-0.39, 0.29) is 5.92 Å². The molecule has 1 aromatic rings. The molecule has 2 unspecified atom stereocenters. The van der Waals surface area contributed by atoms with Gasteiger partial charge in [0.05, 0.1) is 6.54 Å². The summed E-state index contributed by atoms with van der Waals surface area (Å²) in [6.45, 7) is 7.37. The van der Waals surface area contributed by atoms with E-state index in [1.165, 1.54) is 0 Å². The van der Waals surface area contributed by atoms with Crippen LogP contribution in [0.25, 0.3) is 0 Å². The van der Waals surface area contributed by atoms with Crippen LogP contribution in [-0.2, 0) is 17.8 Å². The average Bonchev–Trinajstić information content (AvgIpc) is 2.86. The molecule has 0 spiro atoms. The zero-order valence-corrected chi connectivity index (χ0v) is 11.7. The van der Waals surface area contributed by atoms with Gasteiger partial charge in [-0.05, 0) is 24.8 Å². The van der Waals surface area contributed by atoms with Gasteiger partial charge in [0.1, 0.15) is 6.04 Å². The Hall–Kier alpha value is -1.43. The van der Waals surface area contributed by atoms with E-state index in [0.717, 1.165) is 19.4 Å². The minimum Gasteiger partial charge on any atom is -0.480 e. The molecule has 0 bridgehead atoms. The number of aliphatic carboxylic acids is 1. The van der Waals surface area contributed by atoms with Gasteiger partial charge in [0.15, 0.2) is 5.82 Å². The third-order valence-electron chi connectivity index (χ3n) is 3.49. The van der Waals surface area contributed by atoms with E-state index in [9.17, 15) is 9.90 Å². The minimum absolute atomic E-state index is 0.166. The Balaban J connectivity index is 2.00. The lowest BCUT2D eigenvalue weighted by molar-refractivity contribution is -0.143. The van der Waals surface area contributed by atoms with E-state index >= 15 is 0 Å². The second kappa shape index (κ2) is 5.69. The quantitative estimate of drug-likeness (QED) is 0.872. The topological polar surface area (TPSA) is 79.5 Å². The van der Waals surface area contributed by atoms with Crippen LogP contribution in [0.15, 0.2) is 4.52 Å². The van der Waals surface area contributed by atoms with Crippen LogP contribution in [0.2, 0.25) is 0 Å². The molecule has 0 aliphatic carbocycles. The van der Waals surface area contributed by atoms with Crippen molar-refractivity contribution in [2.45, 2.75) is 46.2 Å². The number of carbonyl (C=O) groups is 1. The molecule has 6 nitrogen and oxygen atoms in total. The highest BCUT2D eigenvalue weighted by Gasteiger charge is 2.37. The van der Waals surface area contributed by atoms with Gasteiger partial charge >= 0.3 is 5.97 Å². The van der Waals surface area contributed by atoms with Crippen molar-refractivity contribution in [3.63, 3.8) is 0 Å². The summed E-state index contributed by atoms with van der Waals surface area (Å²) in [5, 5.41) is 13.2. The summed E-state index contributed by atoms with van der Waals surface area (Å²) in [5.41, 5.74) is 0. The summed E-state index contributed by atoms with van der Waals surface area (Å²) < 4.78 is 5.17. The van der Waals surface area contributed by atoms with Crippen molar-refractivity contribution in [1.82, 2.24) is 15.0 Å². The Labute approximate surface area is 112 Å². The summed E-state index contributed by atoms with van der Waals surface area (Å²) in [7, 11) is 0. The van der Waals surface area contributed by atoms with E-state index in [1.807, 2.05) is 11.8 Å². The molecule has 106 valence electrons. The smallest absolute Gasteiger partial charge is 0.321 e. The molecule has 2 atom stereocenters. The molecule has 1 fully saturated rings. The molecule has 0 amide bonds. The molecule has 1 aromatic heterocycles. The Morgan fingerprint density at radius 1 is 1.58 bits per heavy atom. The number of hydrogen-bond donors (Lipinski definition) is 1. The zero-order valence-electron chi connectivity index (χ0n) is 11.7. The number of aromatic nitrogens is 2. The molecule has 1 saturated heterocycles. The van der Waals surface area contributed by atoms with Crippen molar-refractivity contribution in [3.05, 3.63) is 11.7 Å². The maximum atomic E-state index is 11.3. The summed E-state index contributed by atoms with van der Waals surface area (Å²) in [6, 6.07) is -0.438. The highest BCUT2D eigenvalue weighted by molar-refractivity contribution is 5.74. The first-order chi connectivity index (χ1) is 8.97. The molecule has 2 rings (SSSR count). The van der Waals surface area contributed by atoms with Crippen LogP contribution in [0.4, 0.5) is 0 Å². The van der Waals surface area contributed by atoms with Gasteiger partial charge < -0.3 is 9.63 Å². The van der Waals surface area contributed by atoms with Crippen molar-refractivity contribution in [2.75, 3.05) is 6.54 Å². The second-order valence-corrected chi connectivity index (χ2v) is 5.72. The summed E-state index contributed by atoms with van der Waals surface area (Å²) >= 11 is 0. The van der Waals surface area contributed by atoms with Gasteiger partial charge in [-0.2, -0.15) is 4.98 Å². The maximum Gasteiger partial charge on any atom is 0.321 e. The zero-order chi connectivity index (χ0) is 14.0. The van der Waals surface area contributed by atoms with E-state index < -0.39 is 12.0 Å². The SMILES string of the molecule is CC(C)Cc1nc(CN2CCC(C)C2C(=O)O)no1. The molecule has 1 N–H and O–H groups in total. The van der Waals surface area contributed by atoms with Crippen molar-refractivity contribution < 1.29 is 14.4 Å². The fourth-order valence-corrected chi connectivity index (χ4v) is 2.57. The monoisotopic (exact) mass is 267 g/mol. The highest BCUT2D eigenvalue weighted by atomic mass is 16.5. The number of rotatable bonds is 5. The van der Waals surface area contributed by atoms with E-state index in [1.54, 1.807) is 0 Å². The van der Waals surface area contributed by atoms with Crippen LogP contribution in [0, 0.1) is 11.8 Å². The number of carboxylic acid groups (broad SMARTS) is 1. The van der Waals surface area contributed by atoms with Crippen molar-refractivity contribution in [3.8, 4) is 0 Å². The first-order valence-electron chi connectivity index (χ1n) is 6.75. The molecule has 0 aromatic carbocycles. The fraction of sp³-hybridized carbons (Fsp3) is 0.769. The average molecular weight is 267 g/mol. The van der Waals surface area contributed by atoms with Crippen LogP contribution in [0.1, 0.15) is 38.9 Å². The summed E-state index contributed by atoms with van der Waals surface area (Å²) in [4.78, 5) is 17.5. The Bertz CT molecular complexity index is 444. The van der Waals surface area contributed by atoms with Gasteiger partial charge in [0.25, 0.3) is 0 Å². The van der Waals surface area contributed by atoms with E-state index in [2.05, 4.69) is 24.0 Å². The van der Waals surface area contributed by atoms with Gasteiger partial charge in [0.2, 0.25) is 5.89 Å². The van der Waals surface area contributed by atoms with E-state index in [0.29, 0.717) is 24.2 Å². The van der Waals surface area contributed by atoms with Crippen LogP contribution in [0.5, 0.6) is 0 Å². The molecule has 0 radical (unpaired) electrons. The standard InChI is InChI=1S/C13H21N3O3/c1-8(2)6-11-14-10(15-19-11)7-16-5-4-9(3)12(16)13(17)18/h8-9,12H,4-7H2,1-3H3,(H,17,18). The maximum absolute atomic E-state index is 11.3. The molecular formula is C13H21N3O3. The van der Waals surface area contributed by atoms with Gasteiger partial charge in [-0.1, -0.05) is 25.9 Å². The lowest BCUT2D eigenvalue weighted by atomic mass is 10.0. The predicted molar refractivity (Wildman–Crippen MR) is 68.5 cm³/mol. The number of carboxylic acids is 1. The molecular weight excluding hydrogens is 246 g/mol. The second-order valence-electron chi connectivity index (χ2n) is 5.72. The first-order valence-corrected chi connectivity index (χ1v) is 6.75. The van der Waals surface area contributed by atoms with Gasteiger partial charge in [-0.25, -0.2) is 0 Å². The Morgan fingerprint density at radius 2 is 2.32 bits per heavy atom. The molecule has 19 heavy (non-hydrogen) atoms. The predicted octanol–water partition coefficient (Wildman–Crippen LogP) is 1.56. The third-order valence-corrected chi connectivity index (χ3v) is 3.49. The Kier molecular flexibility index (Phi) is 4.19. The molecule has 2 heterocycles. The minimum atomic E-state index is -0.768. The van der Waals surface area contributed by atoms with Crippen LogP contribution < -0.4 is 0 Å². The molecule has 0 saturated carbocycles. The lowest BCUT2D eigenvalue weighted by Gasteiger charge is -2.21. The highest BCUT2D eigenvalue weighted by Crippen LogP contribution is 2.25. The first kappa shape index (κ1) is 14.0. The normalized spacial score (nSPS) is 24.2. The van der Waals surface area contributed by atoms with Gasteiger partial charge in [0, 0.05) is 6.42 Å². The van der Waals surface area contributed by atoms with Crippen molar-refractivity contribution in [2.24, 2.45) is 11.8 Å². The number of likely N-dealkylation sites (tertiary alicyclic amines) is 1. The van der Waals surface area contributed by atoms with Crippen LogP contribution in [-0.4, -0.2) is 38.7 Å². The van der Waals surface area contributed by atoms with Gasteiger partial charge in [-0.3, -0.25) is 9.69 Å². The van der Waals surface area contributed by atoms with Crippen LogP contribution in [0.3, 0.4) is 0 Å². The number of hydrogen-bond acceptors (Lipinski definition) is 5. The van der Waals surface area contributed by atoms with Crippen molar-refractivity contribution in [1.29, 1.82) is 0 Å². The van der Waals surface area contributed by atoms with Crippen LogP contribution >= 0.6 is 0 Å². The van der Waals surface area contributed by atoms with E-state index in [4.69, 9.17) is 4.52 Å². The summed E-state index contributed by atoms with van der Waals surface area (Å²) in [6.07, 6.45) is 1.65. The largest absolute Gasteiger partial charge is 0.480 e. The molecule has 1 aliphatic rings. The molecule has 6 heteroatoms. The van der Waals surface area contributed by atoms with Crippen molar-refractivity contribution >= 4 is 5.97 Å². The summed E-state index contributed by atoms with van der Waals surface area (Å²) in [5.74, 6) is 1.07. The third kappa shape index (κ3) is 3.32. The fourth-order valence-electron chi connectivity index (χ4n) is 2.57. The number of nitrogens with zero attached hydrogens (tertiary/aromatic N) is 3. The lowest BCUT2D eigenvalue weighted by Crippen LogP contribution is -2.38. The Morgan fingerprint density at radius 3 is 2.95 bits per heavy atom. The van der Waals surface area contributed by atoms with Gasteiger partial charge in [-0.15, -0.1) is 0 Å².